The van der Waals surface area contributed by atoms with E-state index >= 15 is 8.78 Å². The van der Waals surface area contributed by atoms with Gasteiger partial charge in [0.1, 0.15) is 6.17 Å². The van der Waals surface area contributed by atoms with Crippen LogP contribution in [0.2, 0.25) is 0 Å². The molecule has 0 radical (unpaired) electrons. The number of aliphatic hydroxyl groups is 1. The number of fused-ring (bicyclic) bond motifs is 5. The van der Waals surface area contributed by atoms with Gasteiger partial charge in [0.15, 0.2) is 23.7 Å². The average Bonchev–Trinajstić information content (AvgIpc) is 2.97. The lowest BCUT2D eigenvalue weighted by Crippen LogP contribution is -2.71. The van der Waals surface area contributed by atoms with E-state index in [1.165, 1.54) is 19.1 Å². The first-order valence-corrected chi connectivity index (χ1v) is 12.0. The first-order chi connectivity index (χ1) is 16.1. The van der Waals surface area contributed by atoms with Gasteiger partial charge in [-0.1, -0.05) is 19.9 Å². The molecule has 0 heterocycles. The second-order valence-electron chi connectivity index (χ2n) is 11.0. The molecule has 4 aliphatic carbocycles. The predicted molar refractivity (Wildman–Crippen MR) is 119 cm³/mol. The fourth-order valence-electron chi connectivity index (χ4n) is 7.89. The molecule has 0 spiro atoms. The Balaban J connectivity index is 1.85. The Kier molecular flexibility index (Phi) is 5.90. The van der Waals surface area contributed by atoms with Crippen molar-refractivity contribution < 1.29 is 42.5 Å². The van der Waals surface area contributed by atoms with Crippen LogP contribution in [0, 0.1) is 28.6 Å². The van der Waals surface area contributed by atoms with Crippen molar-refractivity contribution in [2.24, 2.45) is 28.6 Å². The minimum Gasteiger partial charge on any atom is -0.458 e. The van der Waals surface area contributed by atoms with Gasteiger partial charge in [-0.05, 0) is 49.8 Å². The van der Waals surface area contributed by atoms with Crippen LogP contribution in [0.1, 0.15) is 53.9 Å². The molecule has 0 amide bonds. The lowest BCUT2D eigenvalue weighted by molar-refractivity contribution is -0.231. The van der Waals surface area contributed by atoms with E-state index in [-0.39, 0.29) is 24.8 Å². The van der Waals surface area contributed by atoms with Crippen molar-refractivity contribution in [1.29, 1.82) is 0 Å². The molecule has 3 fully saturated rings. The van der Waals surface area contributed by atoms with E-state index < -0.39 is 82.2 Å². The van der Waals surface area contributed by atoms with E-state index in [1.807, 2.05) is 0 Å². The molecular weight excluding hydrogens is 462 g/mol. The average molecular weight is 495 g/mol. The van der Waals surface area contributed by atoms with Crippen LogP contribution in [0.3, 0.4) is 0 Å². The molecule has 7 nitrogen and oxygen atoms in total. The van der Waals surface area contributed by atoms with Crippen LogP contribution < -0.4 is 0 Å². The largest absolute Gasteiger partial charge is 0.458 e. The Morgan fingerprint density at radius 3 is 2.40 bits per heavy atom. The number of hydrogen-bond acceptors (Lipinski definition) is 7. The number of alkyl halides is 2. The summed E-state index contributed by atoms with van der Waals surface area (Å²) in [5.74, 6) is -4.77. The first-order valence-electron chi connectivity index (χ1n) is 12.0. The molecular formula is C26H32F2O7. The molecule has 0 saturated heterocycles. The lowest BCUT2D eigenvalue weighted by Gasteiger charge is -2.63. The summed E-state index contributed by atoms with van der Waals surface area (Å²) < 4.78 is 43.5. The summed E-state index contributed by atoms with van der Waals surface area (Å²) in [7, 11) is 0. The first kappa shape index (κ1) is 25.7. The Bertz CT molecular complexity index is 1050. The summed E-state index contributed by atoms with van der Waals surface area (Å²) in [5.41, 5.74) is -6.90. The molecule has 2 unspecified atom stereocenters. The highest BCUT2D eigenvalue weighted by molar-refractivity contribution is 6.01. The molecule has 0 aromatic rings. The highest BCUT2D eigenvalue weighted by Gasteiger charge is 2.78. The van der Waals surface area contributed by atoms with Gasteiger partial charge in [-0.15, -0.1) is 0 Å². The third-order valence-electron chi connectivity index (χ3n) is 9.29. The zero-order valence-corrected chi connectivity index (χ0v) is 20.6. The summed E-state index contributed by atoms with van der Waals surface area (Å²) in [6.07, 6.45) is 0.118. The third-order valence-corrected chi connectivity index (χ3v) is 9.29. The number of rotatable bonds is 4. The maximum absolute atomic E-state index is 17.3. The number of hydrogen-bond donors (Lipinski definition) is 1. The molecule has 35 heavy (non-hydrogen) atoms. The van der Waals surface area contributed by atoms with Gasteiger partial charge in [-0.25, -0.2) is 8.78 Å². The van der Waals surface area contributed by atoms with Crippen LogP contribution in [-0.4, -0.2) is 58.8 Å². The van der Waals surface area contributed by atoms with Gasteiger partial charge in [-0.3, -0.25) is 19.2 Å². The summed E-state index contributed by atoms with van der Waals surface area (Å²) in [4.78, 5) is 49.1. The zero-order chi connectivity index (χ0) is 26.1. The Labute approximate surface area is 202 Å². The van der Waals surface area contributed by atoms with Crippen LogP contribution in [0.4, 0.5) is 8.78 Å². The van der Waals surface area contributed by atoms with Gasteiger partial charge >= 0.3 is 11.9 Å². The van der Waals surface area contributed by atoms with Crippen LogP contribution in [0.25, 0.3) is 0 Å². The monoisotopic (exact) mass is 494 g/mol. The minimum absolute atomic E-state index is 0.00892. The molecule has 1 N–H and O–H groups in total. The van der Waals surface area contributed by atoms with E-state index in [2.05, 4.69) is 0 Å². The van der Waals surface area contributed by atoms with Crippen LogP contribution in [0.15, 0.2) is 23.8 Å². The second kappa shape index (κ2) is 8.05. The summed E-state index contributed by atoms with van der Waals surface area (Å²) in [6.45, 7) is 6.52. The number of carbonyl (C=O) groups is 4. The third kappa shape index (κ3) is 3.22. The molecule has 0 aromatic heterocycles. The standard InChI is InChI=1S/C26H32F2O7/c1-13-8-17-18-10-20(27)19-9-16(31)6-7-23(19,4)25(18,28)21(32)11-24(17,5)26(13,35-15(3)30)22(33)12-34-14(2)29/h6-7,9,13,17-18,20-21,32H,8,10-12H2,1-5H3/t13-,17?,18?,20-,21-,23-,24-,25-,26-/m0/s1. The van der Waals surface area contributed by atoms with Gasteiger partial charge in [0.25, 0.3) is 0 Å². The molecule has 4 rings (SSSR count). The van der Waals surface area contributed by atoms with Crippen molar-refractivity contribution in [2.45, 2.75) is 77.4 Å². The van der Waals surface area contributed by atoms with Crippen LogP contribution in [-0.2, 0) is 28.7 Å². The van der Waals surface area contributed by atoms with Gasteiger partial charge < -0.3 is 14.6 Å². The van der Waals surface area contributed by atoms with Gasteiger partial charge in [-0.2, -0.15) is 0 Å². The summed E-state index contributed by atoms with van der Waals surface area (Å²) >= 11 is 0. The smallest absolute Gasteiger partial charge is 0.303 e. The summed E-state index contributed by atoms with van der Waals surface area (Å²) in [5, 5.41) is 11.4. The maximum Gasteiger partial charge on any atom is 0.303 e. The highest BCUT2D eigenvalue weighted by atomic mass is 19.1. The van der Waals surface area contributed by atoms with Gasteiger partial charge in [0.2, 0.25) is 5.78 Å². The fraction of sp³-hybridized carbons (Fsp3) is 0.692. The van der Waals surface area contributed by atoms with Crippen molar-refractivity contribution in [1.82, 2.24) is 0 Å². The quantitative estimate of drug-likeness (QED) is 0.599. The number of carbonyl (C=O) groups excluding carboxylic acids is 4. The molecule has 0 aliphatic heterocycles. The zero-order valence-electron chi connectivity index (χ0n) is 20.6. The van der Waals surface area contributed by atoms with Crippen molar-refractivity contribution in [2.75, 3.05) is 6.61 Å². The van der Waals surface area contributed by atoms with Crippen LogP contribution in [0.5, 0.6) is 0 Å². The normalized spacial score (nSPS) is 46.1. The number of esters is 2. The number of ketones is 2. The number of halogens is 2. The van der Waals surface area contributed by atoms with E-state index in [0.717, 1.165) is 19.9 Å². The van der Waals surface area contributed by atoms with Crippen molar-refractivity contribution in [3.63, 3.8) is 0 Å². The molecule has 192 valence electrons. The van der Waals surface area contributed by atoms with Crippen molar-refractivity contribution >= 4 is 23.5 Å². The Hall–Kier alpha value is -2.42. The van der Waals surface area contributed by atoms with E-state index in [1.54, 1.807) is 13.8 Å². The van der Waals surface area contributed by atoms with E-state index in [4.69, 9.17) is 9.47 Å². The predicted octanol–water partition coefficient (Wildman–Crippen LogP) is 2.99. The molecule has 9 atom stereocenters. The molecule has 9 heteroatoms. The van der Waals surface area contributed by atoms with Gasteiger partial charge in [0.05, 0.1) is 6.10 Å². The van der Waals surface area contributed by atoms with Crippen LogP contribution >= 0.6 is 0 Å². The lowest BCUT2D eigenvalue weighted by atomic mass is 9.44. The topological polar surface area (TPSA) is 107 Å². The Morgan fingerprint density at radius 1 is 1.14 bits per heavy atom. The maximum atomic E-state index is 17.3. The summed E-state index contributed by atoms with van der Waals surface area (Å²) in [6, 6.07) is 0. The SMILES string of the molecule is CC(=O)OCC(=O)[C@@]1(OC(C)=O)[C@@H](C)CC2C3C[C@H](F)C4=CC(=O)C=C[C@]4(C)[C@@]3(F)[C@@H](O)C[C@@]21C. The second-order valence-corrected chi connectivity index (χ2v) is 11.0. The molecule has 3 saturated carbocycles. The van der Waals surface area contributed by atoms with Gasteiger partial charge in [0, 0.05) is 36.5 Å². The minimum atomic E-state index is -2.31. The highest BCUT2D eigenvalue weighted by Crippen LogP contribution is 2.71. The fourth-order valence-corrected chi connectivity index (χ4v) is 7.89. The molecule has 0 aromatic carbocycles. The number of aliphatic hydroxyl groups excluding tert-OH is 1. The van der Waals surface area contributed by atoms with E-state index in [0.29, 0.717) is 0 Å². The number of Topliss-reactive ketones (excluding diaryl/α,β-unsaturated/α-hetero) is 1. The van der Waals surface area contributed by atoms with Crippen molar-refractivity contribution in [3.8, 4) is 0 Å². The molecule has 0 bridgehead atoms. The van der Waals surface area contributed by atoms with Crippen molar-refractivity contribution in [3.05, 3.63) is 23.8 Å². The number of allylic oxidation sites excluding steroid dienone is 4. The number of ether oxygens (including phenoxy) is 2. The van der Waals surface area contributed by atoms with E-state index in [9.17, 15) is 24.3 Å². The Morgan fingerprint density at radius 2 is 1.80 bits per heavy atom. The molecule has 4 aliphatic rings.